The highest BCUT2D eigenvalue weighted by Gasteiger charge is 2.47. The van der Waals surface area contributed by atoms with E-state index in [2.05, 4.69) is 224 Å². The van der Waals surface area contributed by atoms with Crippen molar-refractivity contribution in [3.05, 3.63) is 253 Å². The van der Waals surface area contributed by atoms with Crippen molar-refractivity contribution >= 4 is 31.5 Å². The molecule has 0 radical (unpaired) electrons. The molecule has 2 heterocycles. The van der Waals surface area contributed by atoms with Crippen LogP contribution in [0.4, 0.5) is 0 Å². The van der Waals surface area contributed by atoms with E-state index < -0.39 is 5.41 Å². The number of hydrogen-bond acceptors (Lipinski definition) is 3. The minimum absolute atomic E-state index is 0.518. The predicted octanol–water partition coefficient (Wildman–Crippen LogP) is 15.5. The molecule has 1 aliphatic carbocycles. The fraction of sp³-hybridized carbons (Fsp3) is 0.0169. The van der Waals surface area contributed by atoms with Gasteiger partial charge in [-0.05, 0) is 92.0 Å². The Bertz CT molecular complexity index is 3420. The number of hydrogen-bond donors (Lipinski definition) is 0. The summed E-state index contributed by atoms with van der Waals surface area (Å²) in [6, 6.07) is 83.5. The molecule has 2 nitrogen and oxygen atoms in total. The van der Waals surface area contributed by atoms with E-state index >= 15 is 0 Å². The van der Waals surface area contributed by atoms with Crippen molar-refractivity contribution in [1.82, 2.24) is 9.97 Å². The zero-order valence-corrected chi connectivity index (χ0v) is 34.6. The van der Waals surface area contributed by atoms with Crippen molar-refractivity contribution in [2.75, 3.05) is 0 Å². The van der Waals surface area contributed by atoms with Crippen molar-refractivity contribution in [3.8, 4) is 67.3 Å². The Hall–Kier alpha value is -7.72. The smallest absolute Gasteiger partial charge is 0.160 e. The first-order valence-electron chi connectivity index (χ1n) is 21.1. The van der Waals surface area contributed by atoms with Gasteiger partial charge in [-0.2, -0.15) is 0 Å². The highest BCUT2D eigenvalue weighted by Crippen LogP contribution is 2.58. The highest BCUT2D eigenvalue weighted by atomic mass is 32.1. The topological polar surface area (TPSA) is 25.8 Å². The number of thiophene rings is 1. The Balaban J connectivity index is 1.02. The quantitative estimate of drug-likeness (QED) is 0.160. The lowest BCUT2D eigenvalue weighted by Gasteiger charge is -2.35. The van der Waals surface area contributed by atoms with Gasteiger partial charge in [0.25, 0.3) is 0 Å². The Morgan fingerprint density at radius 2 is 0.839 bits per heavy atom. The van der Waals surface area contributed by atoms with Gasteiger partial charge in [-0.3, -0.25) is 0 Å². The largest absolute Gasteiger partial charge is 0.228 e. The zero-order valence-electron chi connectivity index (χ0n) is 33.7. The summed E-state index contributed by atoms with van der Waals surface area (Å²) in [5.41, 5.74) is 16.6. The molecule has 3 heteroatoms. The summed E-state index contributed by atoms with van der Waals surface area (Å²) in [5, 5.41) is 2.60. The van der Waals surface area contributed by atoms with E-state index in [9.17, 15) is 0 Å². The van der Waals surface area contributed by atoms with Gasteiger partial charge in [0, 0.05) is 36.9 Å². The minimum Gasteiger partial charge on any atom is -0.228 e. The Morgan fingerprint density at radius 3 is 1.58 bits per heavy atom. The lowest BCUT2D eigenvalue weighted by molar-refractivity contribution is 0.770. The van der Waals surface area contributed by atoms with E-state index in [-0.39, 0.29) is 0 Å². The van der Waals surface area contributed by atoms with Crippen molar-refractivity contribution in [2.24, 2.45) is 0 Å². The summed E-state index contributed by atoms with van der Waals surface area (Å²) in [6.45, 7) is 0. The second kappa shape index (κ2) is 14.8. The molecular formula is C59H38N2S. The Kier molecular flexibility index (Phi) is 8.62. The van der Waals surface area contributed by atoms with E-state index in [4.69, 9.17) is 9.97 Å². The summed E-state index contributed by atoms with van der Waals surface area (Å²) in [5.74, 6) is 0.697. The first-order valence-corrected chi connectivity index (χ1v) is 22.0. The Labute approximate surface area is 365 Å². The molecular weight excluding hydrogens is 769 g/mol. The number of fused-ring (bicyclic) bond motifs is 6. The molecule has 11 aromatic rings. The van der Waals surface area contributed by atoms with Gasteiger partial charge in [-0.1, -0.05) is 194 Å². The second-order valence-corrected chi connectivity index (χ2v) is 17.1. The SMILES string of the molecule is c1ccc(-c2nc(-c3cccc(-c4ccc5sc6ccccc6c5c4)c3)cc(-c3cccc(-c4cccc5c4C(c4ccccc4)(c4ccccc4)c4ccccc4-5)c3)n2)cc1. The molecule has 0 saturated carbocycles. The maximum Gasteiger partial charge on any atom is 0.160 e. The van der Waals surface area contributed by atoms with Crippen LogP contribution in [0.2, 0.25) is 0 Å². The third-order valence-electron chi connectivity index (χ3n) is 12.6. The maximum atomic E-state index is 5.29. The molecule has 0 fully saturated rings. The lowest BCUT2D eigenvalue weighted by Crippen LogP contribution is -2.29. The van der Waals surface area contributed by atoms with Gasteiger partial charge in [0.2, 0.25) is 0 Å². The monoisotopic (exact) mass is 806 g/mol. The van der Waals surface area contributed by atoms with Crippen LogP contribution in [-0.2, 0) is 5.41 Å². The highest BCUT2D eigenvalue weighted by molar-refractivity contribution is 7.25. The zero-order chi connectivity index (χ0) is 41.0. The average Bonchev–Trinajstić information content (AvgIpc) is 3.88. The fourth-order valence-corrected chi connectivity index (χ4v) is 10.9. The summed E-state index contributed by atoms with van der Waals surface area (Å²) in [7, 11) is 0. The first kappa shape index (κ1) is 36.2. The van der Waals surface area contributed by atoms with Gasteiger partial charge in [0.1, 0.15) is 0 Å². The fourth-order valence-electron chi connectivity index (χ4n) is 9.81. The molecule has 0 bridgehead atoms. The van der Waals surface area contributed by atoms with E-state index in [0.29, 0.717) is 5.82 Å². The molecule has 12 rings (SSSR count). The van der Waals surface area contributed by atoms with Crippen LogP contribution in [0, 0.1) is 0 Å². The molecule has 9 aromatic carbocycles. The third-order valence-corrected chi connectivity index (χ3v) is 13.7. The summed E-state index contributed by atoms with van der Waals surface area (Å²) in [4.78, 5) is 10.5. The number of aromatic nitrogens is 2. The van der Waals surface area contributed by atoms with Crippen LogP contribution in [0.15, 0.2) is 231 Å². The maximum absolute atomic E-state index is 5.29. The molecule has 2 aromatic heterocycles. The molecule has 62 heavy (non-hydrogen) atoms. The molecule has 0 amide bonds. The average molecular weight is 807 g/mol. The van der Waals surface area contributed by atoms with Crippen LogP contribution >= 0.6 is 11.3 Å². The lowest BCUT2D eigenvalue weighted by atomic mass is 9.66. The normalized spacial score (nSPS) is 12.6. The number of benzene rings is 9. The van der Waals surface area contributed by atoms with Gasteiger partial charge >= 0.3 is 0 Å². The van der Waals surface area contributed by atoms with Crippen molar-refractivity contribution in [2.45, 2.75) is 5.41 Å². The molecule has 0 unspecified atom stereocenters. The molecule has 0 N–H and O–H groups in total. The predicted molar refractivity (Wildman–Crippen MR) is 259 cm³/mol. The van der Waals surface area contributed by atoms with Crippen LogP contribution in [0.25, 0.3) is 87.5 Å². The van der Waals surface area contributed by atoms with Crippen LogP contribution in [-0.4, -0.2) is 9.97 Å². The van der Waals surface area contributed by atoms with Crippen molar-refractivity contribution in [1.29, 1.82) is 0 Å². The molecule has 0 aliphatic heterocycles. The van der Waals surface area contributed by atoms with Gasteiger partial charge in [0.15, 0.2) is 5.82 Å². The second-order valence-electron chi connectivity index (χ2n) is 16.1. The molecule has 290 valence electrons. The van der Waals surface area contributed by atoms with Crippen LogP contribution in [0.5, 0.6) is 0 Å². The van der Waals surface area contributed by atoms with Crippen LogP contribution in [0.3, 0.4) is 0 Å². The summed E-state index contributed by atoms with van der Waals surface area (Å²) >= 11 is 1.85. The third kappa shape index (κ3) is 5.85. The van der Waals surface area contributed by atoms with Gasteiger partial charge in [0.05, 0.1) is 16.8 Å². The standard InChI is InChI=1S/C59H38N2S/c1-4-17-39(18-5-1)58-60-53(43-21-14-19-40(35-43)41-33-34-56-51(37-41)49-28-11-13-32-55(49)62-56)38-54(61-58)44-22-15-20-42(36-44)47-29-16-30-50-48-27-10-12-31-52(48)59(57(47)50,45-23-6-2-7-24-45)46-25-8-3-9-26-46/h1-38H. The summed E-state index contributed by atoms with van der Waals surface area (Å²) in [6.07, 6.45) is 0. The van der Waals surface area contributed by atoms with Gasteiger partial charge in [-0.15, -0.1) is 11.3 Å². The van der Waals surface area contributed by atoms with Crippen LogP contribution < -0.4 is 0 Å². The molecule has 0 saturated heterocycles. The molecule has 0 atom stereocenters. The van der Waals surface area contributed by atoms with E-state index in [0.717, 1.165) is 39.2 Å². The Morgan fingerprint density at radius 1 is 0.323 bits per heavy atom. The van der Waals surface area contributed by atoms with Gasteiger partial charge in [-0.25, -0.2) is 9.97 Å². The van der Waals surface area contributed by atoms with Crippen molar-refractivity contribution in [3.63, 3.8) is 0 Å². The molecule has 0 spiro atoms. The molecule has 1 aliphatic rings. The van der Waals surface area contributed by atoms with E-state index in [1.165, 1.54) is 64.7 Å². The first-order chi connectivity index (χ1) is 30.7. The van der Waals surface area contributed by atoms with E-state index in [1.54, 1.807) is 0 Å². The van der Waals surface area contributed by atoms with Crippen molar-refractivity contribution < 1.29 is 0 Å². The van der Waals surface area contributed by atoms with Crippen LogP contribution in [0.1, 0.15) is 22.3 Å². The summed E-state index contributed by atoms with van der Waals surface area (Å²) < 4.78 is 2.62. The van der Waals surface area contributed by atoms with E-state index in [1.807, 2.05) is 17.4 Å². The number of rotatable bonds is 7. The minimum atomic E-state index is -0.518. The van der Waals surface area contributed by atoms with Gasteiger partial charge < -0.3 is 0 Å². The number of nitrogens with zero attached hydrogens (tertiary/aromatic N) is 2.